The minimum Gasteiger partial charge on any atom is -0.493 e. The lowest BCUT2D eigenvalue weighted by Gasteiger charge is -2.27. The highest BCUT2D eigenvalue weighted by atomic mass is 32.1. The Morgan fingerprint density at radius 2 is 1.81 bits per heavy atom. The number of hydrogen-bond acceptors (Lipinski definition) is 8. The number of carbonyl (C=O) groups excluding carboxylic acids is 2. The maximum absolute atomic E-state index is 13.0. The Morgan fingerprint density at radius 1 is 1.06 bits per heavy atom. The van der Waals surface area contributed by atoms with Crippen molar-refractivity contribution in [1.82, 2.24) is 5.32 Å². The number of carbonyl (C=O) groups is 2. The van der Waals surface area contributed by atoms with Gasteiger partial charge in [-0.05, 0) is 35.4 Å². The number of quaternary nitrogens is 1. The Bertz CT molecular complexity index is 1310. The molecule has 188 valence electrons. The first kappa shape index (κ1) is 24.0. The third-order valence-corrected chi connectivity index (χ3v) is 7.60. The second-order valence-electron chi connectivity index (χ2n) is 8.77. The molecule has 9 nitrogen and oxygen atoms in total. The Labute approximate surface area is 212 Å². The van der Waals surface area contributed by atoms with Crippen LogP contribution in [0.15, 0.2) is 36.4 Å². The Morgan fingerprint density at radius 3 is 2.50 bits per heavy atom. The lowest BCUT2D eigenvalue weighted by atomic mass is 10.0. The van der Waals surface area contributed by atoms with Crippen molar-refractivity contribution in [3.8, 4) is 23.0 Å². The van der Waals surface area contributed by atoms with Crippen molar-refractivity contribution >= 4 is 28.2 Å². The van der Waals surface area contributed by atoms with E-state index in [1.54, 1.807) is 29.5 Å². The van der Waals surface area contributed by atoms with Crippen molar-refractivity contribution in [3.05, 3.63) is 63.5 Å². The molecule has 3 aromatic rings. The van der Waals surface area contributed by atoms with Gasteiger partial charge in [0, 0.05) is 6.42 Å². The van der Waals surface area contributed by atoms with Crippen LogP contribution < -0.4 is 34.5 Å². The summed E-state index contributed by atoms with van der Waals surface area (Å²) in [4.78, 5) is 28.7. The van der Waals surface area contributed by atoms with Gasteiger partial charge in [-0.3, -0.25) is 4.79 Å². The molecule has 36 heavy (non-hydrogen) atoms. The van der Waals surface area contributed by atoms with Gasteiger partial charge in [0.25, 0.3) is 5.91 Å². The smallest absolute Gasteiger partial charge is 0.343 e. The number of fused-ring (bicyclic) bond motifs is 3. The molecule has 0 saturated carbocycles. The van der Waals surface area contributed by atoms with Gasteiger partial charge in [0.05, 0.1) is 50.9 Å². The molecule has 0 spiro atoms. The van der Waals surface area contributed by atoms with Crippen LogP contribution in [0.5, 0.6) is 23.0 Å². The number of nitrogens with one attached hydrogen (secondary N) is 3. The molecule has 2 aliphatic rings. The van der Waals surface area contributed by atoms with E-state index in [0.29, 0.717) is 23.0 Å². The molecule has 5 rings (SSSR count). The summed E-state index contributed by atoms with van der Waals surface area (Å²) in [6, 6.07) is 10.2. The van der Waals surface area contributed by atoms with Gasteiger partial charge in [0.1, 0.15) is 23.5 Å². The van der Waals surface area contributed by atoms with Crippen molar-refractivity contribution in [2.24, 2.45) is 0 Å². The summed E-state index contributed by atoms with van der Waals surface area (Å²) in [5.41, 5.74) is 2.96. The zero-order valence-corrected chi connectivity index (χ0v) is 21.3. The number of anilines is 1. The Kier molecular flexibility index (Phi) is 6.46. The van der Waals surface area contributed by atoms with Crippen LogP contribution >= 0.6 is 11.3 Å². The second kappa shape index (κ2) is 9.71. The lowest BCUT2D eigenvalue weighted by molar-refractivity contribution is -0.895. The van der Waals surface area contributed by atoms with Crippen LogP contribution in [0.25, 0.3) is 0 Å². The van der Waals surface area contributed by atoms with Crippen LogP contribution in [-0.2, 0) is 13.0 Å². The molecule has 0 fully saturated rings. The third kappa shape index (κ3) is 4.33. The number of esters is 1. The average molecular weight is 511 g/mol. The first-order valence-corrected chi connectivity index (χ1v) is 12.4. The van der Waals surface area contributed by atoms with Crippen molar-refractivity contribution in [1.29, 1.82) is 0 Å². The summed E-state index contributed by atoms with van der Waals surface area (Å²) in [7, 11) is 6.63. The number of rotatable bonds is 6. The highest BCUT2D eigenvalue weighted by Crippen LogP contribution is 2.40. The van der Waals surface area contributed by atoms with Gasteiger partial charge in [-0.2, -0.15) is 0 Å². The molecule has 2 atom stereocenters. The summed E-state index contributed by atoms with van der Waals surface area (Å²) >= 11 is 1.65. The topological polar surface area (TPSA) is 99.6 Å². The summed E-state index contributed by atoms with van der Waals surface area (Å²) in [6.07, 6.45) is 0.467. The van der Waals surface area contributed by atoms with Crippen molar-refractivity contribution in [3.63, 3.8) is 0 Å². The SMILES string of the molecule is COc1cc(C(=O)Oc2cccc(C3NC(=O)c4c(sc5c4CC[NH+](C)C5)N3)c2)cc(OC)c1OC. The summed E-state index contributed by atoms with van der Waals surface area (Å²) in [5, 5.41) is 7.41. The summed E-state index contributed by atoms with van der Waals surface area (Å²) < 4.78 is 21.6. The van der Waals surface area contributed by atoms with E-state index >= 15 is 0 Å². The molecule has 0 aliphatic carbocycles. The standard InChI is InChI=1S/C26H27N3O6S/c1-29-9-8-17-20(13-29)36-25-21(17)24(30)27-23(28-25)14-6-5-7-16(10-14)35-26(31)15-11-18(32-2)22(34-4)19(12-15)33-3/h5-7,10-12,23,28H,8-9,13H2,1-4H3,(H,27,30)/p+1. The molecule has 3 N–H and O–H groups in total. The zero-order chi connectivity index (χ0) is 25.4. The number of hydrogen-bond donors (Lipinski definition) is 3. The zero-order valence-electron chi connectivity index (χ0n) is 20.5. The van der Waals surface area contributed by atoms with E-state index in [1.165, 1.54) is 43.2 Å². The van der Waals surface area contributed by atoms with Crippen LogP contribution in [0.3, 0.4) is 0 Å². The second-order valence-corrected chi connectivity index (χ2v) is 9.87. The molecule has 2 aliphatic heterocycles. The van der Waals surface area contributed by atoms with Gasteiger partial charge in [-0.15, -0.1) is 11.3 Å². The number of thiophene rings is 1. The number of benzene rings is 2. The van der Waals surface area contributed by atoms with Crippen LogP contribution in [0.1, 0.15) is 42.9 Å². The summed E-state index contributed by atoms with van der Waals surface area (Å²) in [6.45, 7) is 1.95. The predicted octanol–water partition coefficient (Wildman–Crippen LogP) is 2.42. The van der Waals surface area contributed by atoms with E-state index < -0.39 is 12.1 Å². The molecule has 0 bridgehead atoms. The molecule has 2 unspecified atom stereocenters. The minimum atomic E-state index is -0.577. The number of ether oxygens (including phenoxy) is 4. The highest BCUT2D eigenvalue weighted by Gasteiger charge is 2.34. The fraction of sp³-hybridized carbons (Fsp3) is 0.308. The van der Waals surface area contributed by atoms with E-state index in [0.717, 1.165) is 41.2 Å². The van der Waals surface area contributed by atoms with E-state index in [4.69, 9.17) is 18.9 Å². The van der Waals surface area contributed by atoms with Gasteiger partial charge in [0.2, 0.25) is 5.75 Å². The van der Waals surface area contributed by atoms with Gasteiger partial charge in [0.15, 0.2) is 11.5 Å². The maximum atomic E-state index is 13.0. The molecule has 2 aromatic carbocycles. The van der Waals surface area contributed by atoms with E-state index in [2.05, 4.69) is 17.7 Å². The maximum Gasteiger partial charge on any atom is 0.343 e. The molecular formula is C26H28N3O6S+. The number of methoxy groups -OCH3 is 3. The van der Waals surface area contributed by atoms with E-state index in [9.17, 15) is 9.59 Å². The average Bonchev–Trinajstić information content (AvgIpc) is 3.25. The van der Waals surface area contributed by atoms with Crippen LogP contribution in [0.2, 0.25) is 0 Å². The fourth-order valence-electron chi connectivity index (χ4n) is 4.62. The Hall–Kier alpha value is -3.76. The monoisotopic (exact) mass is 510 g/mol. The highest BCUT2D eigenvalue weighted by molar-refractivity contribution is 7.16. The quantitative estimate of drug-likeness (QED) is 0.346. The summed E-state index contributed by atoms with van der Waals surface area (Å²) in [5.74, 6) is 0.796. The first-order valence-electron chi connectivity index (χ1n) is 11.6. The fourth-order valence-corrected chi connectivity index (χ4v) is 6.01. The molecule has 1 amide bonds. The van der Waals surface area contributed by atoms with Crippen LogP contribution in [-0.4, -0.2) is 46.8 Å². The molecular weight excluding hydrogens is 482 g/mol. The minimum absolute atomic E-state index is 0.0781. The number of amides is 1. The van der Waals surface area contributed by atoms with Crippen LogP contribution in [0.4, 0.5) is 5.00 Å². The molecule has 10 heteroatoms. The van der Waals surface area contributed by atoms with Crippen molar-refractivity contribution in [2.75, 3.05) is 40.2 Å². The predicted molar refractivity (Wildman–Crippen MR) is 135 cm³/mol. The van der Waals surface area contributed by atoms with Gasteiger partial charge in [-0.1, -0.05) is 12.1 Å². The normalized spacial score (nSPS) is 18.3. The molecule has 3 heterocycles. The van der Waals surface area contributed by atoms with Gasteiger partial charge < -0.3 is 34.5 Å². The Balaban J connectivity index is 1.37. The molecule has 1 aromatic heterocycles. The van der Waals surface area contributed by atoms with Crippen molar-refractivity contribution in [2.45, 2.75) is 19.1 Å². The molecule has 0 saturated heterocycles. The first-order chi connectivity index (χ1) is 17.4. The van der Waals surface area contributed by atoms with Gasteiger partial charge >= 0.3 is 5.97 Å². The van der Waals surface area contributed by atoms with Gasteiger partial charge in [-0.25, -0.2) is 4.79 Å². The largest absolute Gasteiger partial charge is 0.493 e. The lowest BCUT2D eigenvalue weighted by Crippen LogP contribution is -3.08. The van der Waals surface area contributed by atoms with E-state index in [-0.39, 0.29) is 11.5 Å². The molecule has 0 radical (unpaired) electrons. The van der Waals surface area contributed by atoms with E-state index in [1.807, 2.05) is 6.07 Å². The third-order valence-electron chi connectivity index (χ3n) is 6.44. The number of likely N-dealkylation sites (N-methyl/N-ethyl adjacent to an activating group) is 1. The van der Waals surface area contributed by atoms with Crippen molar-refractivity contribution < 1.29 is 33.4 Å². The van der Waals surface area contributed by atoms with Crippen LogP contribution in [0, 0.1) is 0 Å².